The van der Waals surface area contributed by atoms with Crippen LogP contribution in [0.1, 0.15) is 28.9 Å². The van der Waals surface area contributed by atoms with Crippen LogP contribution in [0.3, 0.4) is 0 Å². The number of aromatic nitrogens is 1. The van der Waals surface area contributed by atoms with Gasteiger partial charge in [-0.05, 0) is 59.2 Å². The van der Waals surface area contributed by atoms with E-state index >= 15 is 0 Å². The van der Waals surface area contributed by atoms with Gasteiger partial charge in [-0.15, -0.1) is 0 Å². The quantitative estimate of drug-likeness (QED) is 0.513. The largest absolute Gasteiger partial charge is 0.346 e. The fraction of sp³-hybridized carbons (Fsp3) is 0.0833. The first-order valence-corrected chi connectivity index (χ1v) is 9.11. The molecule has 0 unspecified atom stereocenters. The third-order valence-electron chi connectivity index (χ3n) is 4.84. The van der Waals surface area contributed by atoms with E-state index in [1.54, 1.807) is 36.7 Å². The van der Waals surface area contributed by atoms with Gasteiger partial charge in [-0.3, -0.25) is 9.78 Å². The van der Waals surface area contributed by atoms with Gasteiger partial charge in [-0.25, -0.2) is 4.39 Å². The molecule has 1 N–H and O–H groups in total. The fourth-order valence-electron chi connectivity index (χ4n) is 3.26. The summed E-state index contributed by atoms with van der Waals surface area (Å²) >= 11 is 0. The second kappa shape index (κ2) is 7.61. The van der Waals surface area contributed by atoms with Crippen molar-refractivity contribution < 1.29 is 9.18 Å². The molecule has 0 aliphatic rings. The Bertz CT molecular complexity index is 1140. The maximum atomic E-state index is 14.5. The van der Waals surface area contributed by atoms with Crippen molar-refractivity contribution in [2.24, 2.45) is 0 Å². The third kappa shape index (κ3) is 3.62. The first-order valence-electron chi connectivity index (χ1n) is 9.11. The van der Waals surface area contributed by atoms with E-state index in [-0.39, 0.29) is 11.9 Å². The SMILES string of the molecule is C[C@@H](NC(=O)c1ccc(-c2ccncc2)c(F)c1)c1ccc2ccccc2c1. The first kappa shape index (κ1) is 17.9. The van der Waals surface area contributed by atoms with Gasteiger partial charge in [-0.2, -0.15) is 0 Å². The molecule has 0 radical (unpaired) electrons. The van der Waals surface area contributed by atoms with Crippen LogP contribution in [-0.2, 0) is 0 Å². The molecule has 3 aromatic carbocycles. The van der Waals surface area contributed by atoms with E-state index in [2.05, 4.69) is 22.4 Å². The smallest absolute Gasteiger partial charge is 0.251 e. The summed E-state index contributed by atoms with van der Waals surface area (Å²) in [5.41, 5.74) is 2.47. The fourth-order valence-corrected chi connectivity index (χ4v) is 3.26. The van der Waals surface area contributed by atoms with Crippen molar-refractivity contribution in [1.29, 1.82) is 0 Å². The summed E-state index contributed by atoms with van der Waals surface area (Å²) in [5.74, 6) is -0.738. The zero-order valence-electron chi connectivity index (χ0n) is 15.4. The molecule has 1 aromatic heterocycles. The van der Waals surface area contributed by atoms with Crippen LogP contribution >= 0.6 is 0 Å². The van der Waals surface area contributed by atoms with Crippen molar-refractivity contribution in [2.75, 3.05) is 0 Å². The molecule has 1 heterocycles. The number of nitrogens with zero attached hydrogens (tertiary/aromatic N) is 1. The number of pyridine rings is 1. The van der Waals surface area contributed by atoms with Gasteiger partial charge < -0.3 is 5.32 Å². The van der Waals surface area contributed by atoms with E-state index in [0.717, 1.165) is 21.9 Å². The summed E-state index contributed by atoms with van der Waals surface area (Å²) in [6, 6.07) is 22.0. The van der Waals surface area contributed by atoms with Gasteiger partial charge >= 0.3 is 0 Å². The van der Waals surface area contributed by atoms with E-state index in [9.17, 15) is 9.18 Å². The second-order valence-corrected chi connectivity index (χ2v) is 6.73. The van der Waals surface area contributed by atoms with Crippen LogP contribution in [0.15, 0.2) is 85.2 Å². The molecule has 0 aliphatic carbocycles. The first-order chi connectivity index (χ1) is 13.6. The number of carbonyl (C=O) groups excluding carboxylic acids is 1. The lowest BCUT2D eigenvalue weighted by molar-refractivity contribution is 0.0939. The van der Waals surface area contributed by atoms with Gasteiger partial charge in [0, 0.05) is 23.5 Å². The highest BCUT2D eigenvalue weighted by Crippen LogP contribution is 2.24. The number of carbonyl (C=O) groups is 1. The van der Waals surface area contributed by atoms with Crippen LogP contribution in [0.25, 0.3) is 21.9 Å². The minimum Gasteiger partial charge on any atom is -0.346 e. The highest BCUT2D eigenvalue weighted by atomic mass is 19.1. The van der Waals surface area contributed by atoms with Crippen LogP contribution in [0, 0.1) is 5.82 Å². The van der Waals surface area contributed by atoms with Crippen LogP contribution < -0.4 is 5.32 Å². The standard InChI is InChI=1S/C24H19FN2O/c1-16(19-7-6-17-4-2-3-5-20(17)14-19)27-24(28)21-8-9-22(23(25)15-21)18-10-12-26-13-11-18/h2-16H,1H3,(H,27,28)/t16-/m1/s1. The summed E-state index contributed by atoms with van der Waals surface area (Å²) < 4.78 is 14.5. The normalized spacial score (nSPS) is 11.9. The molecule has 3 nitrogen and oxygen atoms in total. The number of benzene rings is 3. The molecular weight excluding hydrogens is 351 g/mol. The van der Waals surface area contributed by atoms with Crippen LogP contribution in [0.2, 0.25) is 0 Å². The minimum absolute atomic E-state index is 0.194. The molecule has 1 amide bonds. The monoisotopic (exact) mass is 370 g/mol. The van der Waals surface area contributed by atoms with Gasteiger partial charge in [0.15, 0.2) is 0 Å². The van der Waals surface area contributed by atoms with Gasteiger partial charge in [-0.1, -0.05) is 42.5 Å². The average Bonchev–Trinajstić information content (AvgIpc) is 2.73. The highest BCUT2D eigenvalue weighted by molar-refractivity contribution is 5.95. The Kier molecular flexibility index (Phi) is 4.85. The zero-order chi connectivity index (χ0) is 19.5. The number of hydrogen-bond acceptors (Lipinski definition) is 2. The Labute approximate surface area is 162 Å². The summed E-state index contributed by atoms with van der Waals surface area (Å²) in [7, 11) is 0. The molecule has 0 saturated heterocycles. The summed E-state index contributed by atoms with van der Waals surface area (Å²) in [4.78, 5) is 16.5. The molecular formula is C24H19FN2O. The third-order valence-corrected chi connectivity index (χ3v) is 4.84. The molecule has 4 heteroatoms. The molecule has 1 atom stereocenters. The number of nitrogens with one attached hydrogen (secondary N) is 1. The zero-order valence-corrected chi connectivity index (χ0v) is 15.4. The van der Waals surface area contributed by atoms with E-state index in [4.69, 9.17) is 0 Å². The molecule has 4 rings (SSSR count). The lowest BCUT2D eigenvalue weighted by Gasteiger charge is -2.15. The minimum atomic E-state index is -0.433. The average molecular weight is 370 g/mol. The van der Waals surface area contributed by atoms with Gasteiger partial charge in [0.25, 0.3) is 5.91 Å². The van der Waals surface area contributed by atoms with Crippen molar-refractivity contribution in [3.63, 3.8) is 0 Å². The second-order valence-electron chi connectivity index (χ2n) is 6.73. The van der Waals surface area contributed by atoms with Crippen LogP contribution in [-0.4, -0.2) is 10.9 Å². The van der Waals surface area contributed by atoms with E-state index < -0.39 is 5.82 Å². The maximum absolute atomic E-state index is 14.5. The number of halogens is 1. The molecule has 0 fully saturated rings. The van der Waals surface area contributed by atoms with E-state index in [1.165, 1.54) is 6.07 Å². The van der Waals surface area contributed by atoms with Gasteiger partial charge in [0.05, 0.1) is 6.04 Å². The van der Waals surface area contributed by atoms with Gasteiger partial charge in [0.1, 0.15) is 5.82 Å². The highest BCUT2D eigenvalue weighted by Gasteiger charge is 2.14. The molecule has 0 aliphatic heterocycles. The Hall–Kier alpha value is -3.53. The van der Waals surface area contributed by atoms with Crippen LogP contribution in [0.5, 0.6) is 0 Å². The maximum Gasteiger partial charge on any atom is 0.251 e. The Morgan fingerprint density at radius 2 is 1.68 bits per heavy atom. The van der Waals surface area contributed by atoms with Crippen LogP contribution in [0.4, 0.5) is 4.39 Å². The molecule has 28 heavy (non-hydrogen) atoms. The Morgan fingerprint density at radius 3 is 2.43 bits per heavy atom. The van der Waals surface area contributed by atoms with E-state index in [1.807, 2.05) is 37.3 Å². The summed E-state index contributed by atoms with van der Waals surface area (Å²) in [6.45, 7) is 1.92. The summed E-state index contributed by atoms with van der Waals surface area (Å²) in [5, 5.41) is 5.22. The number of fused-ring (bicyclic) bond motifs is 1. The number of amides is 1. The van der Waals surface area contributed by atoms with E-state index in [0.29, 0.717) is 11.1 Å². The predicted octanol–water partition coefficient (Wildman–Crippen LogP) is 5.53. The predicted molar refractivity (Wildman–Crippen MR) is 109 cm³/mol. The van der Waals surface area contributed by atoms with Crippen molar-refractivity contribution >= 4 is 16.7 Å². The lowest BCUT2D eigenvalue weighted by Crippen LogP contribution is -2.26. The molecule has 4 aromatic rings. The van der Waals surface area contributed by atoms with Crippen molar-refractivity contribution in [1.82, 2.24) is 10.3 Å². The summed E-state index contributed by atoms with van der Waals surface area (Å²) in [6.07, 6.45) is 3.22. The Balaban J connectivity index is 1.53. The van der Waals surface area contributed by atoms with Gasteiger partial charge in [0.2, 0.25) is 0 Å². The van der Waals surface area contributed by atoms with Crippen molar-refractivity contribution in [3.8, 4) is 11.1 Å². The van der Waals surface area contributed by atoms with Crippen molar-refractivity contribution in [2.45, 2.75) is 13.0 Å². The Morgan fingerprint density at radius 1 is 0.929 bits per heavy atom. The lowest BCUT2D eigenvalue weighted by atomic mass is 10.0. The number of rotatable bonds is 4. The molecule has 0 bridgehead atoms. The molecule has 0 spiro atoms. The molecule has 0 saturated carbocycles. The molecule has 138 valence electrons. The number of hydrogen-bond donors (Lipinski definition) is 1. The van der Waals surface area contributed by atoms with Crippen molar-refractivity contribution in [3.05, 3.63) is 102 Å². The topological polar surface area (TPSA) is 42.0 Å².